The van der Waals surface area contributed by atoms with E-state index in [0.29, 0.717) is 12.4 Å². The second kappa shape index (κ2) is 4.50. The van der Waals surface area contributed by atoms with Gasteiger partial charge in [0.15, 0.2) is 0 Å². The van der Waals surface area contributed by atoms with Crippen molar-refractivity contribution >= 4 is 12.6 Å². The molecule has 0 spiro atoms. The summed E-state index contributed by atoms with van der Waals surface area (Å²) in [6, 6.07) is 3.54. The molecule has 0 bridgehead atoms. The van der Waals surface area contributed by atoms with Crippen molar-refractivity contribution < 1.29 is 22.5 Å². The van der Waals surface area contributed by atoms with Crippen LogP contribution in [-0.4, -0.2) is 18.3 Å². The van der Waals surface area contributed by atoms with Crippen molar-refractivity contribution in [2.24, 2.45) is 0 Å². The smallest absolute Gasteiger partial charge is 0.399 e. The third-order valence-electron chi connectivity index (χ3n) is 3.99. The molecule has 0 saturated carbocycles. The normalized spacial score (nSPS) is 21.3. The van der Waals surface area contributed by atoms with Gasteiger partial charge in [0.05, 0.1) is 16.8 Å². The first kappa shape index (κ1) is 15.4. The predicted octanol–water partition coefficient (Wildman–Crippen LogP) is 3.24. The van der Waals surface area contributed by atoms with Crippen molar-refractivity contribution in [1.82, 2.24) is 0 Å². The Kier molecular flexibility index (Phi) is 3.46. The van der Waals surface area contributed by atoms with Gasteiger partial charge in [0, 0.05) is 6.92 Å². The van der Waals surface area contributed by atoms with E-state index in [1.807, 2.05) is 27.7 Å². The van der Waals surface area contributed by atoms with Crippen molar-refractivity contribution in [1.29, 1.82) is 0 Å². The fraction of sp³-hybridized carbons (Fsp3) is 0.571. The molecule has 2 rings (SSSR count). The fourth-order valence-corrected chi connectivity index (χ4v) is 2.01. The quantitative estimate of drug-likeness (QED) is 0.777. The first-order valence-corrected chi connectivity index (χ1v) is 6.47. The first-order chi connectivity index (χ1) is 8.94. The lowest BCUT2D eigenvalue weighted by Crippen LogP contribution is -2.41. The predicted molar refractivity (Wildman–Crippen MR) is 71.7 cm³/mol. The van der Waals surface area contributed by atoms with Gasteiger partial charge in [0.2, 0.25) is 0 Å². The average molecular weight is 286 g/mol. The molecule has 0 amide bonds. The first-order valence-electron chi connectivity index (χ1n) is 6.47. The van der Waals surface area contributed by atoms with E-state index in [0.717, 1.165) is 12.1 Å². The summed E-state index contributed by atoms with van der Waals surface area (Å²) < 4.78 is 51.6. The number of hydrogen-bond donors (Lipinski definition) is 0. The lowest BCUT2D eigenvalue weighted by Gasteiger charge is -2.32. The third-order valence-corrected chi connectivity index (χ3v) is 3.99. The Labute approximate surface area is 117 Å². The largest absolute Gasteiger partial charge is 0.494 e. The lowest BCUT2D eigenvalue weighted by molar-refractivity contribution is 0.00578. The highest BCUT2D eigenvalue weighted by Crippen LogP contribution is 2.37. The van der Waals surface area contributed by atoms with E-state index in [-0.39, 0.29) is 0 Å². The molecule has 2 nitrogen and oxygen atoms in total. The van der Waals surface area contributed by atoms with Crippen LogP contribution in [0.4, 0.5) is 13.2 Å². The number of halogens is 3. The van der Waals surface area contributed by atoms with Crippen LogP contribution in [0, 0.1) is 5.82 Å². The Bertz CT molecular complexity index is 508. The molecule has 1 fully saturated rings. The summed E-state index contributed by atoms with van der Waals surface area (Å²) in [5, 5.41) is 0. The van der Waals surface area contributed by atoms with Crippen molar-refractivity contribution in [2.75, 3.05) is 0 Å². The zero-order chi connectivity index (χ0) is 15.3. The van der Waals surface area contributed by atoms with Gasteiger partial charge in [-0.15, -0.1) is 0 Å². The molecule has 20 heavy (non-hydrogen) atoms. The SMILES string of the molecule is CC(F)(F)c1ccc(B2OC(C)(C)C(C)(C)O2)cc1F. The summed E-state index contributed by atoms with van der Waals surface area (Å²) in [6.45, 7) is 8.16. The molecule has 1 saturated heterocycles. The molecule has 1 aromatic carbocycles. The van der Waals surface area contributed by atoms with Gasteiger partial charge in [-0.25, -0.2) is 13.2 Å². The molecule has 0 aliphatic carbocycles. The number of rotatable bonds is 2. The Hall–Kier alpha value is -1.01. The second-order valence-corrected chi connectivity index (χ2v) is 6.22. The topological polar surface area (TPSA) is 18.5 Å². The van der Waals surface area contributed by atoms with Crippen LogP contribution in [0.5, 0.6) is 0 Å². The van der Waals surface area contributed by atoms with E-state index in [2.05, 4.69) is 0 Å². The molecular formula is C14H18BF3O2. The molecular weight excluding hydrogens is 268 g/mol. The van der Waals surface area contributed by atoms with Crippen molar-refractivity contribution in [3.63, 3.8) is 0 Å². The lowest BCUT2D eigenvalue weighted by atomic mass is 9.78. The van der Waals surface area contributed by atoms with Gasteiger partial charge in [-0.3, -0.25) is 0 Å². The molecule has 110 valence electrons. The summed E-state index contributed by atoms with van der Waals surface area (Å²) in [4.78, 5) is 0. The Morgan fingerprint density at radius 2 is 1.55 bits per heavy atom. The Morgan fingerprint density at radius 3 is 1.95 bits per heavy atom. The van der Waals surface area contributed by atoms with Crippen molar-refractivity contribution in [3.05, 3.63) is 29.6 Å². The molecule has 0 unspecified atom stereocenters. The second-order valence-electron chi connectivity index (χ2n) is 6.22. The van der Waals surface area contributed by atoms with Crippen LogP contribution in [-0.2, 0) is 15.2 Å². The summed E-state index contributed by atoms with van der Waals surface area (Å²) in [6.07, 6.45) is 0. The van der Waals surface area contributed by atoms with Gasteiger partial charge in [-0.1, -0.05) is 12.1 Å². The molecule has 1 aromatic rings. The van der Waals surface area contributed by atoms with Crippen LogP contribution < -0.4 is 5.46 Å². The van der Waals surface area contributed by atoms with Gasteiger partial charge in [0.1, 0.15) is 5.82 Å². The van der Waals surface area contributed by atoms with Crippen LogP contribution in [0.15, 0.2) is 18.2 Å². The maximum atomic E-state index is 13.8. The van der Waals surface area contributed by atoms with E-state index in [9.17, 15) is 13.2 Å². The minimum atomic E-state index is -3.21. The fourth-order valence-electron chi connectivity index (χ4n) is 2.01. The highest BCUT2D eigenvalue weighted by atomic mass is 19.3. The summed E-state index contributed by atoms with van der Waals surface area (Å²) in [5.74, 6) is -4.16. The number of benzene rings is 1. The summed E-state index contributed by atoms with van der Waals surface area (Å²) >= 11 is 0. The zero-order valence-corrected chi connectivity index (χ0v) is 12.3. The molecule has 1 aliphatic heterocycles. The van der Waals surface area contributed by atoms with Crippen LogP contribution in [0.3, 0.4) is 0 Å². The summed E-state index contributed by atoms with van der Waals surface area (Å²) in [7, 11) is -0.756. The van der Waals surface area contributed by atoms with E-state index in [1.54, 1.807) is 0 Å². The molecule has 0 aromatic heterocycles. The Morgan fingerprint density at radius 1 is 1.05 bits per heavy atom. The number of hydrogen-bond acceptors (Lipinski definition) is 2. The van der Waals surface area contributed by atoms with E-state index < -0.39 is 35.6 Å². The Balaban J connectivity index is 2.31. The summed E-state index contributed by atoms with van der Waals surface area (Å²) in [5.41, 5.74) is -1.34. The molecule has 0 atom stereocenters. The highest BCUT2D eigenvalue weighted by molar-refractivity contribution is 6.62. The van der Waals surface area contributed by atoms with Crippen LogP contribution in [0.25, 0.3) is 0 Å². The molecule has 0 radical (unpaired) electrons. The van der Waals surface area contributed by atoms with Gasteiger partial charge in [0.25, 0.3) is 5.92 Å². The molecule has 1 aliphatic rings. The molecule has 1 heterocycles. The van der Waals surface area contributed by atoms with Crippen LogP contribution >= 0.6 is 0 Å². The van der Waals surface area contributed by atoms with Crippen LogP contribution in [0.1, 0.15) is 40.2 Å². The highest BCUT2D eigenvalue weighted by Gasteiger charge is 2.51. The van der Waals surface area contributed by atoms with Crippen molar-refractivity contribution in [3.8, 4) is 0 Å². The number of alkyl halides is 2. The van der Waals surface area contributed by atoms with E-state index in [4.69, 9.17) is 9.31 Å². The van der Waals surface area contributed by atoms with E-state index >= 15 is 0 Å². The van der Waals surface area contributed by atoms with E-state index in [1.165, 1.54) is 6.07 Å². The standard InChI is InChI=1S/C14H18BF3O2/c1-12(2)13(3,4)20-15(19-12)9-6-7-10(11(16)8-9)14(5,17)18/h6-8H,1-5H3. The van der Waals surface area contributed by atoms with Gasteiger partial charge < -0.3 is 9.31 Å². The maximum absolute atomic E-state index is 13.8. The minimum Gasteiger partial charge on any atom is -0.399 e. The third kappa shape index (κ3) is 2.59. The zero-order valence-electron chi connectivity index (χ0n) is 12.3. The average Bonchev–Trinajstić information content (AvgIpc) is 2.46. The van der Waals surface area contributed by atoms with Gasteiger partial charge >= 0.3 is 7.12 Å². The van der Waals surface area contributed by atoms with Crippen LogP contribution in [0.2, 0.25) is 0 Å². The molecule has 0 N–H and O–H groups in total. The van der Waals surface area contributed by atoms with Crippen molar-refractivity contribution in [2.45, 2.75) is 51.7 Å². The minimum absolute atomic E-state index is 0.397. The van der Waals surface area contributed by atoms with Gasteiger partial charge in [-0.2, -0.15) is 0 Å². The molecule has 6 heteroatoms. The van der Waals surface area contributed by atoms with Gasteiger partial charge in [-0.05, 0) is 39.2 Å². The maximum Gasteiger partial charge on any atom is 0.494 e. The monoisotopic (exact) mass is 286 g/mol.